The number of hydrogen-bond donors (Lipinski definition) is 0. The fourth-order valence-corrected chi connectivity index (χ4v) is 3.63. The first-order valence-corrected chi connectivity index (χ1v) is 8.31. The molecule has 4 rings (SSSR count). The minimum atomic E-state index is -2.76. The lowest BCUT2D eigenvalue weighted by Crippen LogP contribution is -2.59. The van der Waals surface area contributed by atoms with E-state index in [1.807, 2.05) is 6.07 Å². The van der Waals surface area contributed by atoms with Crippen LogP contribution in [-0.4, -0.2) is 57.0 Å². The molecule has 1 aliphatic carbocycles. The van der Waals surface area contributed by atoms with E-state index in [1.54, 1.807) is 15.8 Å². The maximum absolute atomic E-state index is 13.0. The molecule has 3 aliphatic rings. The van der Waals surface area contributed by atoms with Gasteiger partial charge >= 0.3 is 0 Å². The van der Waals surface area contributed by atoms with Gasteiger partial charge in [-0.3, -0.25) is 14.3 Å². The maximum Gasteiger partial charge on any atom is 0.282 e. The third kappa shape index (κ3) is 2.67. The fraction of sp³-hybridized carbons (Fsp3) is 0.688. The average Bonchev–Trinajstić information content (AvgIpc) is 3.03. The SMILES string of the molecule is C[C@@H]1C[C@H]1C(=O)N1Cc2ccnn2[C@H](CC(=O)N2CC(F)(F)C2)C1. The molecular weight excluding hydrogens is 318 g/mol. The van der Waals surface area contributed by atoms with Crippen LogP contribution in [0.25, 0.3) is 0 Å². The molecule has 130 valence electrons. The third-order valence-electron chi connectivity index (χ3n) is 5.23. The van der Waals surface area contributed by atoms with Gasteiger partial charge in [-0.15, -0.1) is 0 Å². The average molecular weight is 338 g/mol. The number of likely N-dealkylation sites (tertiary alicyclic amines) is 1. The van der Waals surface area contributed by atoms with Crippen molar-refractivity contribution in [2.75, 3.05) is 19.6 Å². The number of aromatic nitrogens is 2. The second-order valence-corrected chi connectivity index (χ2v) is 7.27. The number of nitrogens with zero attached hydrogens (tertiary/aromatic N) is 4. The van der Waals surface area contributed by atoms with Crippen LogP contribution in [0.2, 0.25) is 0 Å². The summed E-state index contributed by atoms with van der Waals surface area (Å²) in [6, 6.07) is 1.55. The smallest absolute Gasteiger partial charge is 0.282 e. The largest absolute Gasteiger partial charge is 0.334 e. The second-order valence-electron chi connectivity index (χ2n) is 7.27. The van der Waals surface area contributed by atoms with Gasteiger partial charge in [0, 0.05) is 18.7 Å². The van der Waals surface area contributed by atoms with E-state index in [0.29, 0.717) is 19.0 Å². The van der Waals surface area contributed by atoms with Crippen molar-refractivity contribution >= 4 is 11.8 Å². The van der Waals surface area contributed by atoms with E-state index < -0.39 is 19.0 Å². The fourth-order valence-electron chi connectivity index (χ4n) is 3.63. The molecule has 2 fully saturated rings. The van der Waals surface area contributed by atoms with E-state index in [0.717, 1.165) is 12.1 Å². The van der Waals surface area contributed by atoms with Gasteiger partial charge < -0.3 is 9.80 Å². The molecular formula is C16H20F2N4O2. The summed E-state index contributed by atoms with van der Waals surface area (Å²) in [5.74, 6) is -2.43. The molecule has 1 saturated carbocycles. The van der Waals surface area contributed by atoms with Crippen LogP contribution in [0.3, 0.4) is 0 Å². The van der Waals surface area contributed by atoms with Gasteiger partial charge in [0.1, 0.15) is 0 Å². The van der Waals surface area contributed by atoms with Gasteiger partial charge in [-0.25, -0.2) is 8.78 Å². The van der Waals surface area contributed by atoms with E-state index in [-0.39, 0.29) is 30.2 Å². The molecule has 24 heavy (non-hydrogen) atoms. The normalized spacial score (nSPS) is 30.5. The standard InChI is InChI=1S/C16H20F2N4O2/c1-10-4-13(10)15(24)20-6-11-2-3-19-22(11)12(7-20)5-14(23)21-8-16(17,18)9-21/h2-3,10,12-13H,4-9H2,1H3/t10-,12-,13-/m1/s1. The lowest BCUT2D eigenvalue weighted by atomic mass is 10.1. The first-order chi connectivity index (χ1) is 11.3. The van der Waals surface area contributed by atoms with E-state index in [1.165, 1.54) is 4.90 Å². The molecule has 3 heterocycles. The molecule has 6 nitrogen and oxygen atoms in total. The Morgan fingerprint density at radius 3 is 2.67 bits per heavy atom. The van der Waals surface area contributed by atoms with Crippen LogP contribution in [0.15, 0.2) is 12.3 Å². The molecule has 0 radical (unpaired) electrons. The molecule has 8 heteroatoms. The topological polar surface area (TPSA) is 58.4 Å². The zero-order valence-electron chi connectivity index (χ0n) is 13.5. The molecule has 2 aliphatic heterocycles. The minimum absolute atomic E-state index is 0.0879. The number of alkyl halides is 2. The number of rotatable bonds is 3. The second kappa shape index (κ2) is 5.26. The van der Waals surface area contributed by atoms with Gasteiger partial charge in [0.2, 0.25) is 11.8 Å². The van der Waals surface area contributed by atoms with Gasteiger partial charge in [0.05, 0.1) is 37.8 Å². The highest BCUT2D eigenvalue weighted by Gasteiger charge is 2.47. The molecule has 2 amide bonds. The highest BCUT2D eigenvalue weighted by molar-refractivity contribution is 5.82. The molecule has 1 aromatic heterocycles. The Hall–Kier alpha value is -1.99. The van der Waals surface area contributed by atoms with Crippen molar-refractivity contribution < 1.29 is 18.4 Å². The van der Waals surface area contributed by atoms with Gasteiger partial charge in [-0.05, 0) is 18.4 Å². The zero-order chi connectivity index (χ0) is 17.1. The van der Waals surface area contributed by atoms with Crippen LogP contribution in [0.1, 0.15) is 31.5 Å². The van der Waals surface area contributed by atoms with E-state index in [4.69, 9.17) is 0 Å². The Kier molecular flexibility index (Phi) is 3.40. The number of hydrogen-bond acceptors (Lipinski definition) is 3. The summed E-state index contributed by atoms with van der Waals surface area (Å²) in [7, 11) is 0. The molecule has 0 aromatic carbocycles. The highest BCUT2D eigenvalue weighted by Crippen LogP contribution is 2.40. The molecule has 0 bridgehead atoms. The summed E-state index contributed by atoms with van der Waals surface area (Å²) in [4.78, 5) is 27.7. The molecule has 3 atom stereocenters. The lowest BCUT2D eigenvalue weighted by molar-refractivity contribution is -0.166. The first kappa shape index (κ1) is 15.5. The Balaban J connectivity index is 1.46. The van der Waals surface area contributed by atoms with Crippen LogP contribution in [0, 0.1) is 11.8 Å². The highest BCUT2D eigenvalue weighted by atomic mass is 19.3. The first-order valence-electron chi connectivity index (χ1n) is 8.31. The van der Waals surface area contributed by atoms with Gasteiger partial charge in [0.25, 0.3) is 5.92 Å². The Labute approximate surface area is 138 Å². The summed E-state index contributed by atoms with van der Waals surface area (Å²) >= 11 is 0. The van der Waals surface area contributed by atoms with Crippen molar-refractivity contribution in [1.82, 2.24) is 19.6 Å². The minimum Gasteiger partial charge on any atom is -0.334 e. The van der Waals surface area contributed by atoms with Gasteiger partial charge in [0.15, 0.2) is 0 Å². The summed E-state index contributed by atoms with van der Waals surface area (Å²) in [5.41, 5.74) is 0.884. The summed E-state index contributed by atoms with van der Waals surface area (Å²) in [5, 5.41) is 4.25. The van der Waals surface area contributed by atoms with Crippen molar-refractivity contribution in [1.29, 1.82) is 0 Å². The van der Waals surface area contributed by atoms with Gasteiger partial charge in [-0.2, -0.15) is 5.10 Å². The quantitative estimate of drug-likeness (QED) is 0.834. The third-order valence-corrected chi connectivity index (χ3v) is 5.23. The molecule has 0 unspecified atom stereocenters. The number of carbonyl (C=O) groups is 2. The van der Waals surface area contributed by atoms with Crippen LogP contribution < -0.4 is 0 Å². The number of carbonyl (C=O) groups excluding carboxylic acids is 2. The number of halogens is 2. The number of amides is 2. The van der Waals surface area contributed by atoms with E-state index >= 15 is 0 Å². The summed E-state index contributed by atoms with van der Waals surface area (Å²) in [6.07, 6.45) is 2.66. The van der Waals surface area contributed by atoms with Gasteiger partial charge in [-0.1, -0.05) is 6.92 Å². The Morgan fingerprint density at radius 2 is 2.04 bits per heavy atom. The predicted molar refractivity (Wildman–Crippen MR) is 80.1 cm³/mol. The maximum atomic E-state index is 13.0. The molecule has 0 spiro atoms. The van der Waals surface area contributed by atoms with Crippen molar-refractivity contribution in [2.45, 2.75) is 38.3 Å². The summed E-state index contributed by atoms with van der Waals surface area (Å²) < 4.78 is 27.7. The van der Waals surface area contributed by atoms with Crippen LogP contribution in [0.5, 0.6) is 0 Å². The monoisotopic (exact) mass is 338 g/mol. The Morgan fingerprint density at radius 1 is 1.33 bits per heavy atom. The van der Waals surface area contributed by atoms with Crippen LogP contribution in [-0.2, 0) is 16.1 Å². The Bertz CT molecular complexity index is 681. The zero-order valence-corrected chi connectivity index (χ0v) is 13.5. The van der Waals surface area contributed by atoms with Crippen molar-refractivity contribution in [3.63, 3.8) is 0 Å². The van der Waals surface area contributed by atoms with Crippen molar-refractivity contribution in [2.24, 2.45) is 11.8 Å². The summed E-state index contributed by atoms with van der Waals surface area (Å²) in [6.45, 7) is 1.95. The van der Waals surface area contributed by atoms with Crippen LogP contribution >= 0.6 is 0 Å². The predicted octanol–water partition coefficient (Wildman–Crippen LogP) is 1.29. The van der Waals surface area contributed by atoms with Crippen LogP contribution in [0.4, 0.5) is 8.78 Å². The van der Waals surface area contributed by atoms with Crippen molar-refractivity contribution in [3.05, 3.63) is 18.0 Å². The molecule has 0 N–H and O–H groups in total. The van der Waals surface area contributed by atoms with E-state index in [2.05, 4.69) is 12.0 Å². The molecule has 1 aromatic rings. The van der Waals surface area contributed by atoms with E-state index in [9.17, 15) is 18.4 Å². The lowest BCUT2D eigenvalue weighted by Gasteiger charge is -2.40. The number of fused-ring (bicyclic) bond motifs is 1. The van der Waals surface area contributed by atoms with Crippen molar-refractivity contribution in [3.8, 4) is 0 Å². The molecule has 1 saturated heterocycles.